The molecule has 4 aliphatic carbocycles. The fourth-order valence-corrected chi connectivity index (χ4v) is 7.91. The maximum Gasteiger partial charge on any atom is 0.306 e. The lowest BCUT2D eigenvalue weighted by molar-refractivity contribution is -0.213. The Bertz CT molecular complexity index is 866. The van der Waals surface area contributed by atoms with E-state index in [9.17, 15) is 19.1 Å². The van der Waals surface area contributed by atoms with E-state index in [2.05, 4.69) is 13.8 Å². The van der Waals surface area contributed by atoms with Gasteiger partial charge in [-0.1, -0.05) is 33.3 Å². The van der Waals surface area contributed by atoms with Crippen molar-refractivity contribution >= 4 is 11.8 Å². The molecule has 0 unspecified atom stereocenters. The highest BCUT2D eigenvalue weighted by Gasteiger charge is 2.73. The van der Waals surface area contributed by atoms with Crippen LogP contribution < -0.4 is 0 Å². The van der Waals surface area contributed by atoms with Crippen LogP contribution in [-0.4, -0.2) is 34.7 Å². The molecule has 0 aliphatic heterocycles. The van der Waals surface area contributed by atoms with Crippen molar-refractivity contribution in [3.8, 4) is 0 Å². The number of esters is 1. The summed E-state index contributed by atoms with van der Waals surface area (Å²) in [6.45, 7) is 7.68. The number of fused-ring (bicyclic) bond motifs is 5. The summed E-state index contributed by atoms with van der Waals surface area (Å²) in [7, 11) is 0. The summed E-state index contributed by atoms with van der Waals surface area (Å²) in [5.41, 5.74) is -3.73. The Kier molecular flexibility index (Phi) is 5.92. The fourth-order valence-electron chi connectivity index (χ4n) is 7.91. The molecule has 6 heteroatoms. The molecule has 3 fully saturated rings. The Balaban J connectivity index is 1.78. The molecule has 0 radical (unpaired) electrons. The van der Waals surface area contributed by atoms with Crippen molar-refractivity contribution in [2.24, 2.45) is 28.6 Å². The van der Waals surface area contributed by atoms with Gasteiger partial charge in [-0.3, -0.25) is 9.59 Å². The minimum Gasteiger partial charge on any atom is -0.461 e. The van der Waals surface area contributed by atoms with Gasteiger partial charge in [0, 0.05) is 23.2 Å². The zero-order valence-electron chi connectivity index (χ0n) is 19.6. The van der Waals surface area contributed by atoms with E-state index in [4.69, 9.17) is 4.74 Å². The Morgan fingerprint density at radius 1 is 1.28 bits per heavy atom. The van der Waals surface area contributed by atoms with Crippen molar-refractivity contribution < 1.29 is 28.2 Å². The van der Waals surface area contributed by atoms with Crippen molar-refractivity contribution in [3.05, 3.63) is 23.6 Å². The molecule has 4 rings (SSSR count). The Morgan fingerprint density at radius 3 is 2.66 bits per heavy atom. The lowest BCUT2D eigenvalue weighted by Gasteiger charge is -2.62. The van der Waals surface area contributed by atoms with Crippen molar-refractivity contribution in [2.45, 2.75) is 96.9 Å². The second-order valence-corrected chi connectivity index (χ2v) is 10.8. The van der Waals surface area contributed by atoms with Crippen molar-refractivity contribution in [3.63, 3.8) is 0 Å². The summed E-state index contributed by atoms with van der Waals surface area (Å²) in [6.07, 6.45) is 5.13. The highest BCUT2D eigenvalue weighted by atomic mass is 19.1. The topological polar surface area (TPSA) is 63.6 Å². The predicted octanol–water partition coefficient (Wildman–Crippen LogP) is 5.39. The fraction of sp³-hybridized carbons (Fsp3) is 0.769. The first kappa shape index (κ1) is 23.6. The van der Waals surface area contributed by atoms with Gasteiger partial charge >= 0.3 is 5.97 Å². The number of rotatable bonds is 5. The van der Waals surface area contributed by atoms with E-state index in [1.54, 1.807) is 6.92 Å². The molecule has 0 spiro atoms. The smallest absolute Gasteiger partial charge is 0.306 e. The van der Waals surface area contributed by atoms with Crippen LogP contribution in [-0.2, 0) is 14.3 Å². The second-order valence-electron chi connectivity index (χ2n) is 10.8. The largest absolute Gasteiger partial charge is 0.461 e. The van der Waals surface area contributed by atoms with Crippen LogP contribution in [0.5, 0.6) is 0 Å². The standard InChI is InChI=1S/C26H36F2O4/c1-5-7-21(31)32-23-15(3)13-18-16-8-9-17-22(27)19(29)10-12-24(17,4)26(16,28)20(30)14-25(18,23)11-6-2/h10,12,15-16,18,20,23,30H,5-9,11,13-14H2,1-4H3/t15-,16-,18-,20-,23+,24-,25-,26-/m0/s1. The van der Waals surface area contributed by atoms with Crippen LogP contribution >= 0.6 is 0 Å². The van der Waals surface area contributed by atoms with Gasteiger partial charge < -0.3 is 9.84 Å². The third kappa shape index (κ3) is 3.00. The number of hydrogen-bond donors (Lipinski definition) is 1. The average molecular weight is 451 g/mol. The molecule has 3 saturated carbocycles. The van der Waals surface area contributed by atoms with Crippen LogP contribution in [0.4, 0.5) is 8.78 Å². The Hall–Kier alpha value is -1.56. The van der Waals surface area contributed by atoms with Crippen molar-refractivity contribution in [1.29, 1.82) is 0 Å². The average Bonchev–Trinajstić information content (AvgIpc) is 2.99. The number of ether oxygens (including phenoxy) is 1. The minimum atomic E-state index is -2.07. The molecule has 4 nitrogen and oxygen atoms in total. The quantitative estimate of drug-likeness (QED) is 0.570. The van der Waals surface area contributed by atoms with E-state index in [1.807, 2.05) is 6.92 Å². The van der Waals surface area contributed by atoms with Gasteiger partial charge in [-0.25, -0.2) is 8.78 Å². The summed E-state index contributed by atoms with van der Waals surface area (Å²) in [5.74, 6) is -2.32. The van der Waals surface area contributed by atoms with E-state index < -0.39 is 40.1 Å². The van der Waals surface area contributed by atoms with Crippen molar-refractivity contribution in [1.82, 2.24) is 0 Å². The van der Waals surface area contributed by atoms with Gasteiger partial charge in [-0.15, -0.1) is 0 Å². The second kappa shape index (κ2) is 8.03. The number of carbonyl (C=O) groups is 2. The Morgan fingerprint density at radius 2 is 2.00 bits per heavy atom. The van der Waals surface area contributed by atoms with Crippen LogP contribution in [0.3, 0.4) is 0 Å². The SMILES string of the molecule is CCCC(=O)O[C@@H]1[C@@H](C)C[C@H]2[C@@H]3CCC4=C(F)C(=O)C=C[C@]4(C)[C@@]3(F)[C@@H](O)C[C@]12CCC. The molecule has 0 aromatic rings. The number of halogens is 2. The molecule has 4 aliphatic rings. The maximum absolute atomic E-state index is 17.2. The molecule has 0 aromatic heterocycles. The number of ketones is 1. The molecule has 0 heterocycles. The zero-order valence-corrected chi connectivity index (χ0v) is 19.6. The molecule has 1 N–H and O–H groups in total. The molecule has 178 valence electrons. The molecule has 0 saturated heterocycles. The molecule has 32 heavy (non-hydrogen) atoms. The van der Waals surface area contributed by atoms with E-state index in [0.29, 0.717) is 32.1 Å². The summed E-state index contributed by atoms with van der Waals surface area (Å²) < 4.78 is 38.0. The van der Waals surface area contributed by atoms with Gasteiger partial charge in [0.25, 0.3) is 0 Å². The summed E-state index contributed by atoms with van der Waals surface area (Å²) >= 11 is 0. The van der Waals surface area contributed by atoms with E-state index in [1.165, 1.54) is 6.08 Å². The lowest BCUT2D eigenvalue weighted by Crippen LogP contribution is -2.67. The third-order valence-corrected chi connectivity index (χ3v) is 9.14. The van der Waals surface area contributed by atoms with Crippen molar-refractivity contribution in [2.75, 3.05) is 0 Å². The van der Waals surface area contributed by atoms with E-state index in [0.717, 1.165) is 18.9 Å². The first-order chi connectivity index (χ1) is 15.1. The molecule has 8 atom stereocenters. The number of alkyl halides is 1. The van der Waals surface area contributed by atoms with Gasteiger partial charge in [-0.05, 0) is 68.9 Å². The van der Waals surface area contributed by atoms with Crippen LogP contribution in [0, 0.1) is 28.6 Å². The number of allylic oxidation sites excluding steroid dienone is 4. The van der Waals surface area contributed by atoms with Crippen LogP contribution in [0.1, 0.15) is 79.1 Å². The van der Waals surface area contributed by atoms with Gasteiger partial charge in [0.15, 0.2) is 11.5 Å². The van der Waals surface area contributed by atoms with Gasteiger partial charge in [-0.2, -0.15) is 0 Å². The minimum absolute atomic E-state index is 0.0619. The predicted molar refractivity (Wildman–Crippen MR) is 117 cm³/mol. The van der Waals surface area contributed by atoms with E-state index in [-0.39, 0.29) is 35.9 Å². The maximum atomic E-state index is 17.2. The number of aliphatic hydroxyl groups excluding tert-OH is 1. The molecular weight excluding hydrogens is 414 g/mol. The van der Waals surface area contributed by atoms with Gasteiger partial charge in [0.2, 0.25) is 5.78 Å². The third-order valence-electron chi connectivity index (χ3n) is 9.14. The van der Waals surface area contributed by atoms with Gasteiger partial charge in [0.05, 0.1) is 6.10 Å². The summed E-state index contributed by atoms with van der Waals surface area (Å²) in [5, 5.41) is 11.4. The number of carbonyl (C=O) groups excluding carboxylic acids is 2. The normalized spacial score (nSPS) is 45.3. The number of hydrogen-bond acceptors (Lipinski definition) is 4. The molecule has 0 bridgehead atoms. The summed E-state index contributed by atoms with van der Waals surface area (Å²) in [4.78, 5) is 24.4. The zero-order chi connectivity index (χ0) is 23.5. The summed E-state index contributed by atoms with van der Waals surface area (Å²) in [6, 6.07) is 0. The molecular formula is C26H36F2O4. The molecule has 0 aromatic carbocycles. The lowest BCUT2D eigenvalue weighted by atomic mass is 9.45. The van der Waals surface area contributed by atoms with Crippen LogP contribution in [0.15, 0.2) is 23.6 Å². The monoisotopic (exact) mass is 450 g/mol. The first-order valence-electron chi connectivity index (χ1n) is 12.3. The van der Waals surface area contributed by atoms with Crippen LogP contribution in [0.2, 0.25) is 0 Å². The highest BCUT2D eigenvalue weighted by Crippen LogP contribution is 2.70. The Labute approximate surface area is 189 Å². The first-order valence-corrected chi connectivity index (χ1v) is 12.3. The van der Waals surface area contributed by atoms with Gasteiger partial charge in [0.1, 0.15) is 6.10 Å². The highest BCUT2D eigenvalue weighted by molar-refractivity contribution is 6.04. The van der Waals surface area contributed by atoms with E-state index >= 15 is 4.39 Å². The number of aliphatic hydroxyl groups is 1. The molecule has 0 amide bonds. The van der Waals surface area contributed by atoms with Crippen LogP contribution in [0.25, 0.3) is 0 Å².